The molecule has 0 aromatic carbocycles. The Morgan fingerprint density at radius 1 is 1.50 bits per heavy atom. The van der Waals surface area contributed by atoms with Crippen LogP contribution >= 0.6 is 11.8 Å². The van der Waals surface area contributed by atoms with Gasteiger partial charge in [0, 0.05) is 24.4 Å². The average Bonchev–Trinajstić information content (AvgIpc) is 2.71. The average molecular weight is 242 g/mol. The highest BCUT2D eigenvalue weighted by Crippen LogP contribution is 2.12. The van der Waals surface area contributed by atoms with Crippen molar-refractivity contribution in [3.63, 3.8) is 0 Å². The van der Waals surface area contributed by atoms with Gasteiger partial charge in [-0.15, -0.1) is 0 Å². The van der Waals surface area contributed by atoms with Gasteiger partial charge in [0.1, 0.15) is 5.76 Å². The number of thioether (sulfide) groups is 1. The SMILES string of the molecule is CCNCc1occc1CN(C)CCSC. The Hall–Kier alpha value is -0.450. The second kappa shape index (κ2) is 7.76. The fourth-order valence-electron chi connectivity index (χ4n) is 1.52. The maximum absolute atomic E-state index is 5.48. The highest BCUT2D eigenvalue weighted by Gasteiger charge is 2.08. The van der Waals surface area contributed by atoms with Crippen molar-refractivity contribution in [3.05, 3.63) is 23.7 Å². The van der Waals surface area contributed by atoms with Crippen LogP contribution in [0, 0.1) is 0 Å². The molecule has 0 aliphatic rings. The van der Waals surface area contributed by atoms with Gasteiger partial charge in [0.05, 0.1) is 12.8 Å². The van der Waals surface area contributed by atoms with Gasteiger partial charge in [-0.1, -0.05) is 6.92 Å². The van der Waals surface area contributed by atoms with Crippen molar-refractivity contribution in [2.24, 2.45) is 0 Å². The lowest BCUT2D eigenvalue weighted by atomic mass is 10.2. The monoisotopic (exact) mass is 242 g/mol. The smallest absolute Gasteiger partial charge is 0.122 e. The molecule has 1 rings (SSSR count). The van der Waals surface area contributed by atoms with Crippen LogP contribution in [0.15, 0.2) is 16.7 Å². The van der Waals surface area contributed by atoms with Crippen molar-refractivity contribution in [2.75, 3.05) is 32.1 Å². The molecule has 0 unspecified atom stereocenters. The third-order valence-corrected chi connectivity index (χ3v) is 3.08. The molecular formula is C12H22N2OS. The Balaban J connectivity index is 2.42. The molecule has 16 heavy (non-hydrogen) atoms. The Bertz CT molecular complexity index is 288. The zero-order chi connectivity index (χ0) is 11.8. The second-order valence-electron chi connectivity index (χ2n) is 3.88. The van der Waals surface area contributed by atoms with E-state index in [1.54, 1.807) is 6.26 Å². The third-order valence-electron chi connectivity index (χ3n) is 2.49. The molecule has 0 radical (unpaired) electrons. The van der Waals surface area contributed by atoms with Crippen molar-refractivity contribution in [1.82, 2.24) is 10.2 Å². The number of nitrogens with one attached hydrogen (secondary N) is 1. The van der Waals surface area contributed by atoms with E-state index in [9.17, 15) is 0 Å². The fraction of sp³-hybridized carbons (Fsp3) is 0.667. The van der Waals surface area contributed by atoms with Crippen LogP contribution in [-0.2, 0) is 13.1 Å². The molecule has 0 aliphatic heterocycles. The van der Waals surface area contributed by atoms with Crippen LogP contribution in [0.3, 0.4) is 0 Å². The minimum atomic E-state index is 0.829. The van der Waals surface area contributed by atoms with E-state index in [0.29, 0.717) is 0 Å². The zero-order valence-corrected chi connectivity index (χ0v) is 11.3. The Morgan fingerprint density at radius 3 is 3.00 bits per heavy atom. The summed E-state index contributed by atoms with van der Waals surface area (Å²) in [5.41, 5.74) is 1.30. The molecule has 1 N–H and O–H groups in total. The van der Waals surface area contributed by atoms with Gasteiger partial charge < -0.3 is 14.6 Å². The molecule has 1 aromatic rings. The second-order valence-corrected chi connectivity index (χ2v) is 4.87. The largest absolute Gasteiger partial charge is 0.468 e. The molecule has 4 heteroatoms. The summed E-state index contributed by atoms with van der Waals surface area (Å²) in [5, 5.41) is 3.29. The predicted molar refractivity (Wildman–Crippen MR) is 70.8 cm³/mol. The van der Waals surface area contributed by atoms with Crippen LogP contribution in [0.5, 0.6) is 0 Å². The Kier molecular flexibility index (Phi) is 6.61. The highest BCUT2D eigenvalue weighted by atomic mass is 32.2. The van der Waals surface area contributed by atoms with Crippen LogP contribution < -0.4 is 5.32 Å². The van der Waals surface area contributed by atoms with Gasteiger partial charge in [-0.3, -0.25) is 0 Å². The van der Waals surface area contributed by atoms with Crippen molar-refractivity contribution in [1.29, 1.82) is 0 Å². The highest BCUT2D eigenvalue weighted by molar-refractivity contribution is 7.98. The quantitative estimate of drug-likeness (QED) is 0.756. The van der Waals surface area contributed by atoms with E-state index in [1.807, 2.05) is 11.8 Å². The van der Waals surface area contributed by atoms with Crippen LogP contribution in [0.4, 0.5) is 0 Å². The molecule has 0 spiro atoms. The minimum absolute atomic E-state index is 0.829. The Labute approximate surface area is 103 Å². The lowest BCUT2D eigenvalue weighted by Gasteiger charge is -2.15. The summed E-state index contributed by atoms with van der Waals surface area (Å²) in [6.45, 7) is 6.00. The predicted octanol–water partition coefficient (Wildman–Crippen LogP) is 2.18. The molecule has 0 aliphatic carbocycles. The molecule has 0 saturated heterocycles. The summed E-state index contributed by atoms with van der Waals surface area (Å²) in [7, 11) is 2.15. The molecule has 0 saturated carbocycles. The van der Waals surface area contributed by atoms with E-state index in [0.717, 1.165) is 31.9 Å². The summed E-state index contributed by atoms with van der Waals surface area (Å²) in [6.07, 6.45) is 3.92. The first-order valence-corrected chi connectivity index (χ1v) is 7.10. The van der Waals surface area contributed by atoms with Crippen molar-refractivity contribution < 1.29 is 4.42 Å². The summed E-state index contributed by atoms with van der Waals surface area (Å²) in [4.78, 5) is 2.33. The molecule has 3 nitrogen and oxygen atoms in total. The molecule has 0 atom stereocenters. The van der Waals surface area contributed by atoms with Crippen LogP contribution in [-0.4, -0.2) is 37.0 Å². The molecule has 1 aromatic heterocycles. The summed E-state index contributed by atoms with van der Waals surface area (Å²) in [6, 6.07) is 2.07. The van der Waals surface area contributed by atoms with E-state index < -0.39 is 0 Å². The zero-order valence-electron chi connectivity index (χ0n) is 10.5. The fourth-order valence-corrected chi connectivity index (χ4v) is 2.01. The normalized spacial score (nSPS) is 11.2. The standard InChI is InChI=1S/C12H22N2OS/c1-4-13-9-12-11(5-7-15-12)10-14(2)6-8-16-3/h5,7,13H,4,6,8-10H2,1-3H3. The first kappa shape index (κ1) is 13.6. The summed E-state index contributed by atoms with van der Waals surface area (Å²) < 4.78 is 5.48. The first-order valence-electron chi connectivity index (χ1n) is 5.71. The molecule has 0 bridgehead atoms. The van der Waals surface area contributed by atoms with E-state index in [4.69, 9.17) is 4.42 Å². The number of hydrogen-bond acceptors (Lipinski definition) is 4. The summed E-state index contributed by atoms with van der Waals surface area (Å²) >= 11 is 1.88. The van der Waals surface area contributed by atoms with Gasteiger partial charge in [-0.25, -0.2) is 0 Å². The number of hydrogen-bond donors (Lipinski definition) is 1. The maximum atomic E-state index is 5.48. The van der Waals surface area contributed by atoms with Gasteiger partial charge in [0.25, 0.3) is 0 Å². The first-order chi connectivity index (χ1) is 7.77. The van der Waals surface area contributed by atoms with Gasteiger partial charge in [0.15, 0.2) is 0 Å². The molecular weight excluding hydrogens is 220 g/mol. The lowest BCUT2D eigenvalue weighted by Crippen LogP contribution is -2.21. The topological polar surface area (TPSA) is 28.4 Å². The molecule has 0 amide bonds. The van der Waals surface area contributed by atoms with Gasteiger partial charge in [0.2, 0.25) is 0 Å². The lowest BCUT2D eigenvalue weighted by molar-refractivity contribution is 0.343. The van der Waals surface area contributed by atoms with Crippen molar-refractivity contribution in [3.8, 4) is 0 Å². The van der Waals surface area contributed by atoms with Crippen molar-refractivity contribution >= 4 is 11.8 Å². The number of furan rings is 1. The number of nitrogens with zero attached hydrogens (tertiary/aromatic N) is 1. The third kappa shape index (κ3) is 4.60. The van der Waals surface area contributed by atoms with Gasteiger partial charge in [-0.05, 0) is 25.9 Å². The molecule has 92 valence electrons. The van der Waals surface area contributed by atoms with Gasteiger partial charge >= 0.3 is 0 Å². The van der Waals surface area contributed by atoms with E-state index in [-0.39, 0.29) is 0 Å². The number of rotatable bonds is 8. The van der Waals surface area contributed by atoms with Crippen LogP contribution in [0.2, 0.25) is 0 Å². The Morgan fingerprint density at radius 2 is 2.31 bits per heavy atom. The van der Waals surface area contributed by atoms with Crippen LogP contribution in [0.25, 0.3) is 0 Å². The maximum Gasteiger partial charge on any atom is 0.122 e. The molecule has 1 heterocycles. The van der Waals surface area contributed by atoms with Crippen LogP contribution in [0.1, 0.15) is 18.2 Å². The van der Waals surface area contributed by atoms with E-state index in [2.05, 4.69) is 36.5 Å². The summed E-state index contributed by atoms with van der Waals surface area (Å²) in [5.74, 6) is 2.24. The van der Waals surface area contributed by atoms with Crippen molar-refractivity contribution in [2.45, 2.75) is 20.0 Å². The minimum Gasteiger partial charge on any atom is -0.468 e. The van der Waals surface area contributed by atoms with E-state index >= 15 is 0 Å². The van der Waals surface area contributed by atoms with Gasteiger partial charge in [-0.2, -0.15) is 11.8 Å². The van der Waals surface area contributed by atoms with E-state index in [1.165, 1.54) is 11.3 Å². The molecule has 0 fully saturated rings.